The van der Waals surface area contributed by atoms with E-state index in [-0.39, 0.29) is 5.91 Å². The van der Waals surface area contributed by atoms with Crippen molar-refractivity contribution in [2.45, 2.75) is 64.0 Å². The van der Waals surface area contributed by atoms with Gasteiger partial charge in [0.25, 0.3) is 0 Å². The van der Waals surface area contributed by atoms with E-state index in [1.165, 1.54) is 0 Å². The summed E-state index contributed by atoms with van der Waals surface area (Å²) in [7, 11) is 0. The molecule has 20 heavy (non-hydrogen) atoms. The Kier molecular flexibility index (Phi) is 8.11. The van der Waals surface area contributed by atoms with Crippen molar-refractivity contribution in [1.29, 1.82) is 0 Å². The van der Waals surface area contributed by atoms with E-state index in [1.807, 2.05) is 6.92 Å². The Morgan fingerprint density at radius 1 is 1.20 bits per heavy atom. The van der Waals surface area contributed by atoms with Gasteiger partial charge < -0.3 is 20.5 Å². The van der Waals surface area contributed by atoms with Crippen molar-refractivity contribution in [1.82, 2.24) is 5.32 Å². The number of nitrogens with two attached hydrogens (primary N) is 1. The highest BCUT2D eigenvalue weighted by Gasteiger charge is 2.36. The summed E-state index contributed by atoms with van der Waals surface area (Å²) < 4.78 is 10.8. The normalized spacial score (nSPS) is 17.9. The molecule has 0 radical (unpaired) electrons. The Hall–Kier alpha value is -0.650. The molecule has 0 aromatic carbocycles. The van der Waals surface area contributed by atoms with Crippen LogP contribution in [0, 0.1) is 0 Å². The van der Waals surface area contributed by atoms with Gasteiger partial charge in [0, 0.05) is 19.3 Å². The van der Waals surface area contributed by atoms with E-state index in [4.69, 9.17) is 15.2 Å². The van der Waals surface area contributed by atoms with Crippen LogP contribution in [0.5, 0.6) is 0 Å². The number of ether oxygens (including phenoxy) is 2. The molecule has 1 saturated carbocycles. The van der Waals surface area contributed by atoms with Gasteiger partial charge >= 0.3 is 0 Å². The molecule has 1 fully saturated rings. The van der Waals surface area contributed by atoms with Gasteiger partial charge in [-0.2, -0.15) is 0 Å². The predicted octanol–water partition coefficient (Wildman–Crippen LogP) is 1.60. The zero-order valence-corrected chi connectivity index (χ0v) is 13.0. The molecule has 1 aliphatic carbocycles. The van der Waals surface area contributed by atoms with E-state index >= 15 is 0 Å². The monoisotopic (exact) mass is 286 g/mol. The number of carbonyl (C=O) groups is 1. The first-order valence-electron chi connectivity index (χ1n) is 7.81. The van der Waals surface area contributed by atoms with Crippen molar-refractivity contribution in [2.24, 2.45) is 5.73 Å². The third-order valence-electron chi connectivity index (χ3n) is 3.58. The van der Waals surface area contributed by atoms with Gasteiger partial charge in [-0.05, 0) is 45.4 Å². The van der Waals surface area contributed by atoms with Crippen LogP contribution < -0.4 is 11.1 Å². The summed E-state index contributed by atoms with van der Waals surface area (Å²) in [5, 5.41) is 3.36. The first kappa shape index (κ1) is 17.4. The van der Waals surface area contributed by atoms with Crippen LogP contribution in [0.4, 0.5) is 0 Å². The molecule has 1 aliphatic rings. The first-order valence-corrected chi connectivity index (χ1v) is 7.81. The summed E-state index contributed by atoms with van der Waals surface area (Å²) in [5.41, 5.74) is 4.94. The number of amides is 1. The number of nitrogens with one attached hydrogen (secondary N) is 1. The molecule has 118 valence electrons. The van der Waals surface area contributed by atoms with Crippen molar-refractivity contribution < 1.29 is 14.3 Å². The van der Waals surface area contributed by atoms with Crippen LogP contribution >= 0.6 is 0 Å². The number of carbonyl (C=O) groups excluding carboxylic acids is 1. The largest absolute Gasteiger partial charge is 0.379 e. The SMILES string of the molecule is CCCOCCOCCCCC(C)(NC1CC1)C(N)=O. The minimum Gasteiger partial charge on any atom is -0.379 e. The topological polar surface area (TPSA) is 73.6 Å². The van der Waals surface area contributed by atoms with Gasteiger partial charge in [-0.25, -0.2) is 0 Å². The highest BCUT2D eigenvalue weighted by molar-refractivity contribution is 5.84. The van der Waals surface area contributed by atoms with E-state index in [1.54, 1.807) is 0 Å². The molecule has 1 rings (SSSR count). The Morgan fingerprint density at radius 2 is 1.85 bits per heavy atom. The Labute approximate surface area is 122 Å². The fraction of sp³-hybridized carbons (Fsp3) is 0.933. The molecule has 0 bridgehead atoms. The van der Waals surface area contributed by atoms with E-state index in [0.717, 1.165) is 45.1 Å². The van der Waals surface area contributed by atoms with Gasteiger partial charge in [-0.1, -0.05) is 6.92 Å². The summed E-state index contributed by atoms with van der Waals surface area (Å²) >= 11 is 0. The Morgan fingerprint density at radius 3 is 2.40 bits per heavy atom. The number of hydrogen-bond acceptors (Lipinski definition) is 4. The van der Waals surface area contributed by atoms with E-state index in [0.29, 0.717) is 25.9 Å². The Balaban J connectivity index is 2.01. The van der Waals surface area contributed by atoms with Gasteiger partial charge in [-0.3, -0.25) is 4.79 Å². The van der Waals surface area contributed by atoms with Gasteiger partial charge in [-0.15, -0.1) is 0 Å². The number of unbranched alkanes of at least 4 members (excludes halogenated alkanes) is 1. The van der Waals surface area contributed by atoms with Gasteiger partial charge in [0.2, 0.25) is 5.91 Å². The van der Waals surface area contributed by atoms with Crippen LogP contribution in [0.1, 0.15) is 52.4 Å². The maximum atomic E-state index is 11.6. The van der Waals surface area contributed by atoms with E-state index in [9.17, 15) is 4.79 Å². The maximum Gasteiger partial charge on any atom is 0.237 e. The van der Waals surface area contributed by atoms with Crippen LogP contribution in [-0.4, -0.2) is 43.9 Å². The number of primary amides is 1. The van der Waals surface area contributed by atoms with Crippen LogP contribution in [0.15, 0.2) is 0 Å². The van der Waals surface area contributed by atoms with Crippen LogP contribution in [0.25, 0.3) is 0 Å². The lowest BCUT2D eigenvalue weighted by molar-refractivity contribution is -0.124. The molecule has 3 N–H and O–H groups in total. The molecule has 0 heterocycles. The summed E-state index contributed by atoms with van der Waals surface area (Å²) in [6, 6.07) is 0.486. The van der Waals surface area contributed by atoms with Crippen molar-refractivity contribution >= 4 is 5.91 Å². The lowest BCUT2D eigenvalue weighted by Gasteiger charge is -2.27. The van der Waals surface area contributed by atoms with Crippen molar-refractivity contribution in [3.05, 3.63) is 0 Å². The smallest absolute Gasteiger partial charge is 0.237 e. The highest BCUT2D eigenvalue weighted by atomic mass is 16.5. The second-order valence-electron chi connectivity index (χ2n) is 5.80. The quantitative estimate of drug-likeness (QED) is 0.504. The van der Waals surface area contributed by atoms with Gasteiger partial charge in [0.1, 0.15) is 0 Å². The average Bonchev–Trinajstić information content (AvgIpc) is 3.20. The molecule has 1 amide bonds. The van der Waals surface area contributed by atoms with Gasteiger partial charge in [0.05, 0.1) is 18.8 Å². The van der Waals surface area contributed by atoms with Crippen molar-refractivity contribution in [2.75, 3.05) is 26.4 Å². The number of rotatable bonds is 13. The molecule has 0 spiro atoms. The summed E-state index contributed by atoms with van der Waals surface area (Å²) in [6.07, 6.45) is 6.01. The van der Waals surface area contributed by atoms with E-state index in [2.05, 4.69) is 12.2 Å². The lowest BCUT2D eigenvalue weighted by atomic mass is 9.94. The zero-order valence-electron chi connectivity index (χ0n) is 13.0. The average molecular weight is 286 g/mol. The summed E-state index contributed by atoms with van der Waals surface area (Å²) in [4.78, 5) is 11.6. The molecule has 5 nitrogen and oxygen atoms in total. The van der Waals surface area contributed by atoms with E-state index < -0.39 is 5.54 Å². The van der Waals surface area contributed by atoms with Crippen LogP contribution in [-0.2, 0) is 14.3 Å². The first-order chi connectivity index (χ1) is 9.58. The van der Waals surface area contributed by atoms with Crippen LogP contribution in [0.2, 0.25) is 0 Å². The summed E-state index contributed by atoms with van der Waals surface area (Å²) in [6.45, 7) is 6.82. The van der Waals surface area contributed by atoms with Gasteiger partial charge in [0.15, 0.2) is 0 Å². The predicted molar refractivity (Wildman–Crippen MR) is 79.5 cm³/mol. The highest BCUT2D eigenvalue weighted by Crippen LogP contribution is 2.25. The third kappa shape index (κ3) is 7.22. The molecule has 1 atom stereocenters. The zero-order chi connectivity index (χ0) is 14.8. The van der Waals surface area contributed by atoms with Crippen molar-refractivity contribution in [3.63, 3.8) is 0 Å². The molecule has 0 aliphatic heterocycles. The molecule has 1 unspecified atom stereocenters. The molecule has 5 heteroatoms. The second kappa shape index (κ2) is 9.32. The molecular weight excluding hydrogens is 256 g/mol. The summed E-state index contributed by atoms with van der Waals surface area (Å²) in [5.74, 6) is -0.252. The van der Waals surface area contributed by atoms with Crippen molar-refractivity contribution in [3.8, 4) is 0 Å². The maximum absolute atomic E-state index is 11.6. The minimum atomic E-state index is -0.564. The second-order valence-corrected chi connectivity index (χ2v) is 5.80. The molecule has 0 saturated heterocycles. The fourth-order valence-electron chi connectivity index (χ4n) is 2.09. The standard InChI is InChI=1S/C15H30N2O3/c1-3-9-19-11-12-20-10-5-4-8-15(2,14(16)18)17-13-6-7-13/h13,17H,3-12H2,1-2H3,(H2,16,18). The number of hydrogen-bond donors (Lipinski definition) is 2. The third-order valence-corrected chi connectivity index (χ3v) is 3.58. The molecule has 0 aromatic rings. The lowest BCUT2D eigenvalue weighted by Crippen LogP contribution is -2.53. The minimum absolute atomic E-state index is 0.252. The Bertz CT molecular complexity index is 282. The molecular formula is C15H30N2O3. The van der Waals surface area contributed by atoms with Crippen LogP contribution in [0.3, 0.4) is 0 Å². The fourth-order valence-corrected chi connectivity index (χ4v) is 2.09. The molecule has 0 aromatic heterocycles.